The molecule has 0 amide bonds. The van der Waals surface area contributed by atoms with Crippen molar-refractivity contribution >= 4 is 0 Å². The maximum atomic E-state index is 2.47. The Bertz CT molecular complexity index is 524. The van der Waals surface area contributed by atoms with Gasteiger partial charge in [-0.25, -0.2) is 0 Å². The van der Waals surface area contributed by atoms with Crippen LogP contribution in [0.4, 0.5) is 0 Å². The smallest absolute Gasteiger partial charge is 1.00 e. The molecule has 0 radical (unpaired) electrons. The maximum absolute atomic E-state index is 2.47. The van der Waals surface area contributed by atoms with E-state index in [-0.39, 0.29) is 24.8 Å². The summed E-state index contributed by atoms with van der Waals surface area (Å²) < 4.78 is 3.61. The first kappa shape index (κ1) is 23.4. The van der Waals surface area contributed by atoms with Crippen LogP contribution < -0.4 is 24.8 Å². The van der Waals surface area contributed by atoms with Crippen LogP contribution in [0.5, 0.6) is 0 Å². The summed E-state index contributed by atoms with van der Waals surface area (Å²) in [5.41, 5.74) is 7.09. The van der Waals surface area contributed by atoms with E-state index >= 15 is 0 Å². The fourth-order valence-corrected chi connectivity index (χ4v) is 6.48. The van der Waals surface area contributed by atoms with Crippen LogP contribution in [-0.4, -0.2) is 0 Å². The molecule has 0 aliphatic heterocycles. The van der Waals surface area contributed by atoms with Gasteiger partial charge in [0, 0.05) is 0 Å². The molecule has 0 saturated heterocycles. The second-order valence-corrected chi connectivity index (χ2v) is 12.2. The molecule has 0 atom stereocenters. The zero-order chi connectivity index (χ0) is 16.0. The first-order valence-electron chi connectivity index (χ1n) is 8.07. The van der Waals surface area contributed by atoms with E-state index in [1.807, 2.05) is 0 Å². The Balaban J connectivity index is 0.00000242. The van der Waals surface area contributed by atoms with E-state index in [0.29, 0.717) is 10.8 Å². The fourth-order valence-electron chi connectivity index (χ4n) is 2.89. The van der Waals surface area contributed by atoms with Crippen LogP contribution in [-0.2, 0) is 23.2 Å². The average Bonchev–Trinajstić information content (AvgIpc) is 2.84. The number of halogens is 2. The molecule has 3 heteroatoms. The van der Waals surface area contributed by atoms with E-state index < -0.39 is 23.2 Å². The Labute approximate surface area is 167 Å². The Morgan fingerprint density at radius 2 is 1.00 bits per heavy atom. The van der Waals surface area contributed by atoms with E-state index in [1.165, 1.54) is 12.8 Å². The minimum atomic E-state index is -0.574. The molecule has 2 aliphatic rings. The van der Waals surface area contributed by atoms with Gasteiger partial charge < -0.3 is 24.8 Å². The van der Waals surface area contributed by atoms with E-state index in [9.17, 15) is 0 Å². The first-order valence-corrected chi connectivity index (χ1v) is 10.5. The summed E-state index contributed by atoms with van der Waals surface area (Å²) in [6.45, 7) is 18.7. The number of allylic oxidation sites excluding steroid dienone is 8. The van der Waals surface area contributed by atoms with E-state index in [2.05, 4.69) is 67.5 Å². The van der Waals surface area contributed by atoms with Crippen molar-refractivity contribution in [1.29, 1.82) is 0 Å². The van der Waals surface area contributed by atoms with Crippen molar-refractivity contribution in [3.05, 3.63) is 41.0 Å². The molecule has 0 unspecified atom stereocenters. The van der Waals surface area contributed by atoms with Gasteiger partial charge in [0.15, 0.2) is 0 Å². The Kier molecular flexibility index (Phi) is 8.35. The van der Waals surface area contributed by atoms with Gasteiger partial charge in [-0.05, 0) is 0 Å². The largest absolute Gasteiger partial charge is 1.00 e. The van der Waals surface area contributed by atoms with Crippen molar-refractivity contribution in [2.24, 2.45) is 10.8 Å². The van der Waals surface area contributed by atoms with Crippen molar-refractivity contribution < 1.29 is 48.0 Å². The number of hydrogen-bond donors (Lipinski definition) is 0. The van der Waals surface area contributed by atoms with Crippen molar-refractivity contribution in [3.63, 3.8) is 0 Å². The molecule has 2 rings (SSSR count). The van der Waals surface area contributed by atoms with Gasteiger partial charge in [0.2, 0.25) is 0 Å². The first-order chi connectivity index (χ1) is 9.48. The zero-order valence-corrected chi connectivity index (χ0v) is 19.8. The quantitative estimate of drug-likeness (QED) is 0.592. The molecule has 0 N–H and O–H groups in total. The molecule has 0 heterocycles. The SMILES string of the molecule is CC1=[C]([Zr+2][C]2=C(C)C=C(C(C)(C)C)C2)CC(C(C)(C)C)=C1.[Cl-].[Cl-]. The van der Waals surface area contributed by atoms with Gasteiger partial charge in [0.1, 0.15) is 0 Å². The monoisotopic (exact) mass is 430 g/mol. The molecule has 0 aromatic carbocycles. The van der Waals surface area contributed by atoms with Crippen LogP contribution >= 0.6 is 0 Å². The second-order valence-electron chi connectivity index (χ2n) is 8.64. The topological polar surface area (TPSA) is 0 Å². The fraction of sp³-hybridized carbons (Fsp3) is 0.600. The Morgan fingerprint density at radius 3 is 1.22 bits per heavy atom. The van der Waals surface area contributed by atoms with E-state index in [1.54, 1.807) is 28.9 Å². The number of rotatable bonds is 2. The molecule has 0 saturated carbocycles. The molecule has 0 nitrogen and oxygen atoms in total. The van der Waals surface area contributed by atoms with Crippen molar-refractivity contribution in [3.8, 4) is 0 Å². The van der Waals surface area contributed by atoms with E-state index in [4.69, 9.17) is 0 Å². The molecular weight excluding hydrogens is 402 g/mol. The second kappa shape index (κ2) is 8.20. The summed E-state index contributed by atoms with van der Waals surface area (Å²) >= 11 is -0.574. The summed E-state index contributed by atoms with van der Waals surface area (Å²) in [5, 5.41) is 0. The molecule has 0 aromatic rings. The van der Waals surface area contributed by atoms with Crippen LogP contribution in [0, 0.1) is 10.8 Å². The van der Waals surface area contributed by atoms with Crippen LogP contribution in [0.3, 0.4) is 0 Å². The van der Waals surface area contributed by atoms with Gasteiger partial charge in [-0.3, -0.25) is 0 Å². The molecule has 2 aliphatic carbocycles. The summed E-state index contributed by atoms with van der Waals surface area (Å²) in [6.07, 6.45) is 7.45. The Hall–Kier alpha value is 0.423. The van der Waals surface area contributed by atoms with Crippen molar-refractivity contribution in [1.82, 2.24) is 0 Å². The molecule has 23 heavy (non-hydrogen) atoms. The van der Waals surface area contributed by atoms with Crippen LogP contribution in [0.25, 0.3) is 0 Å². The summed E-state index contributed by atoms with van der Waals surface area (Å²) in [4.78, 5) is 0. The van der Waals surface area contributed by atoms with Crippen molar-refractivity contribution in [2.45, 2.75) is 68.2 Å². The Morgan fingerprint density at radius 1 is 0.696 bits per heavy atom. The molecule has 0 aromatic heterocycles. The predicted octanol–water partition coefficient (Wildman–Crippen LogP) is 0.377. The summed E-state index contributed by atoms with van der Waals surface area (Å²) in [7, 11) is 0. The van der Waals surface area contributed by atoms with Crippen LogP contribution in [0.2, 0.25) is 0 Å². The van der Waals surface area contributed by atoms with Gasteiger partial charge in [-0.2, -0.15) is 0 Å². The molecule has 128 valence electrons. The predicted molar refractivity (Wildman–Crippen MR) is 89.7 cm³/mol. The molecular formula is C20H30Cl2Zr. The van der Waals surface area contributed by atoms with Crippen molar-refractivity contribution in [2.75, 3.05) is 0 Å². The zero-order valence-electron chi connectivity index (χ0n) is 15.8. The minimum Gasteiger partial charge on any atom is -1.00 e. The third-order valence-electron chi connectivity index (χ3n) is 4.70. The van der Waals surface area contributed by atoms with Crippen LogP contribution in [0.15, 0.2) is 41.0 Å². The van der Waals surface area contributed by atoms with Gasteiger partial charge in [-0.15, -0.1) is 0 Å². The maximum Gasteiger partial charge on any atom is -1.00 e. The minimum absolute atomic E-state index is 0. The normalized spacial score (nSPS) is 18.3. The number of hydrogen-bond acceptors (Lipinski definition) is 0. The van der Waals surface area contributed by atoms with E-state index in [0.717, 1.165) is 0 Å². The van der Waals surface area contributed by atoms with Gasteiger partial charge >= 0.3 is 143 Å². The molecule has 0 bridgehead atoms. The third kappa shape index (κ3) is 5.72. The van der Waals surface area contributed by atoms with Gasteiger partial charge in [-0.1, -0.05) is 0 Å². The standard InChI is InChI=1S/2C10H15.2ClH.Zr/c2*1-8-5-6-9(7-8)10(2,3)4;;;/h2*7H,6H2,1-4H3;2*1H;/q;;;;+2/p-2. The third-order valence-corrected chi connectivity index (χ3v) is 8.99. The summed E-state index contributed by atoms with van der Waals surface area (Å²) in [5.74, 6) is 0. The summed E-state index contributed by atoms with van der Waals surface area (Å²) in [6, 6.07) is 0. The average molecular weight is 433 g/mol. The molecule has 0 spiro atoms. The molecule has 0 fully saturated rings. The van der Waals surface area contributed by atoms with Gasteiger partial charge in [0.25, 0.3) is 0 Å². The van der Waals surface area contributed by atoms with Gasteiger partial charge in [0.05, 0.1) is 0 Å². The van der Waals surface area contributed by atoms with Crippen LogP contribution in [0.1, 0.15) is 68.2 Å².